The van der Waals surface area contributed by atoms with E-state index < -0.39 is 12.3 Å². The molecule has 1 aromatic heterocycles. The van der Waals surface area contributed by atoms with Gasteiger partial charge in [0, 0.05) is 5.39 Å². The Morgan fingerprint density at radius 1 is 1.44 bits per heavy atom. The van der Waals surface area contributed by atoms with E-state index in [1.165, 1.54) is 12.3 Å². The van der Waals surface area contributed by atoms with E-state index in [0.29, 0.717) is 0 Å². The second-order valence-corrected chi connectivity index (χ2v) is 3.14. The molecule has 0 spiro atoms. The molecule has 0 saturated carbocycles. The van der Waals surface area contributed by atoms with Crippen LogP contribution in [0.3, 0.4) is 0 Å². The third-order valence-corrected chi connectivity index (χ3v) is 2.00. The molecule has 0 saturated heterocycles. The van der Waals surface area contributed by atoms with Crippen molar-refractivity contribution in [1.82, 2.24) is 4.98 Å². The normalized spacial score (nSPS) is 12.3. The number of hydrogen-bond acceptors (Lipinski definition) is 3. The topological polar surface area (TPSA) is 59.4 Å². The first-order valence-corrected chi connectivity index (χ1v) is 4.55. The average Bonchev–Trinajstić information content (AvgIpc) is 2.28. The fraction of sp³-hybridized carbons (Fsp3) is 0.0909. The van der Waals surface area contributed by atoms with Crippen molar-refractivity contribution >= 4 is 16.9 Å². The molecule has 1 unspecified atom stereocenters. The number of benzene rings is 1. The molecular formula is C11H8FNO3. The van der Waals surface area contributed by atoms with Gasteiger partial charge in [0.15, 0.2) is 0 Å². The van der Waals surface area contributed by atoms with Crippen molar-refractivity contribution in [3.63, 3.8) is 0 Å². The third kappa shape index (κ3) is 2.08. The zero-order valence-electron chi connectivity index (χ0n) is 8.13. The molecule has 82 valence electrons. The van der Waals surface area contributed by atoms with Crippen molar-refractivity contribution < 1.29 is 19.0 Å². The van der Waals surface area contributed by atoms with Gasteiger partial charge in [-0.15, -0.1) is 0 Å². The Morgan fingerprint density at radius 2 is 2.19 bits per heavy atom. The van der Waals surface area contributed by atoms with Gasteiger partial charge in [-0.2, -0.15) is 4.39 Å². The standard InChI is InChI=1S/C11H8FNO3/c12-10(11(14)15)16-8-5-7-3-1-2-4-9(7)13-6-8/h1-6,10H,(H,14,15). The lowest BCUT2D eigenvalue weighted by molar-refractivity contribution is -0.153. The first-order chi connectivity index (χ1) is 7.66. The number of nitrogens with zero attached hydrogens (tertiary/aromatic N) is 1. The van der Waals surface area contributed by atoms with Crippen molar-refractivity contribution in [1.29, 1.82) is 0 Å². The van der Waals surface area contributed by atoms with Crippen LogP contribution < -0.4 is 4.74 Å². The highest BCUT2D eigenvalue weighted by atomic mass is 19.1. The number of ether oxygens (including phenoxy) is 1. The van der Waals surface area contributed by atoms with Gasteiger partial charge in [0.2, 0.25) is 0 Å². The van der Waals surface area contributed by atoms with Gasteiger partial charge in [-0.05, 0) is 12.1 Å². The van der Waals surface area contributed by atoms with E-state index in [2.05, 4.69) is 9.72 Å². The van der Waals surface area contributed by atoms with Crippen LogP contribution in [0.15, 0.2) is 36.5 Å². The summed E-state index contributed by atoms with van der Waals surface area (Å²) in [6.45, 7) is 0. The number of alkyl halides is 1. The summed E-state index contributed by atoms with van der Waals surface area (Å²) in [5.74, 6) is -1.57. The van der Waals surface area contributed by atoms with Gasteiger partial charge < -0.3 is 9.84 Å². The molecule has 1 heterocycles. The lowest BCUT2D eigenvalue weighted by atomic mass is 10.2. The molecule has 0 amide bonds. The number of aliphatic carboxylic acids is 1. The lowest BCUT2D eigenvalue weighted by Crippen LogP contribution is -2.21. The fourth-order valence-corrected chi connectivity index (χ4v) is 1.29. The van der Waals surface area contributed by atoms with Crippen LogP contribution in [0.5, 0.6) is 5.75 Å². The van der Waals surface area contributed by atoms with Crippen LogP contribution in [0.4, 0.5) is 4.39 Å². The fourth-order valence-electron chi connectivity index (χ4n) is 1.29. The summed E-state index contributed by atoms with van der Waals surface area (Å²) in [7, 11) is 0. The summed E-state index contributed by atoms with van der Waals surface area (Å²) < 4.78 is 17.3. The molecule has 0 bridgehead atoms. The van der Waals surface area contributed by atoms with Crippen LogP contribution in [-0.2, 0) is 4.79 Å². The van der Waals surface area contributed by atoms with E-state index in [1.54, 1.807) is 18.2 Å². The van der Waals surface area contributed by atoms with Gasteiger partial charge >= 0.3 is 12.3 Å². The minimum atomic E-state index is -2.37. The third-order valence-electron chi connectivity index (χ3n) is 2.00. The van der Waals surface area contributed by atoms with E-state index in [1.807, 2.05) is 6.07 Å². The Hall–Kier alpha value is -2.17. The van der Waals surface area contributed by atoms with Crippen LogP contribution >= 0.6 is 0 Å². The monoisotopic (exact) mass is 221 g/mol. The van der Waals surface area contributed by atoms with Crippen molar-refractivity contribution in [2.75, 3.05) is 0 Å². The lowest BCUT2D eigenvalue weighted by Gasteiger charge is -2.07. The van der Waals surface area contributed by atoms with Gasteiger partial charge in [0.05, 0.1) is 11.7 Å². The first kappa shape index (κ1) is 10.4. The van der Waals surface area contributed by atoms with Crippen molar-refractivity contribution in [3.8, 4) is 5.75 Å². The summed E-state index contributed by atoms with van der Waals surface area (Å²) in [6, 6.07) is 8.74. The summed E-state index contributed by atoms with van der Waals surface area (Å²) >= 11 is 0. The quantitative estimate of drug-likeness (QED) is 0.861. The number of carboxylic acids is 1. The Kier molecular flexibility index (Phi) is 2.68. The molecular weight excluding hydrogens is 213 g/mol. The molecule has 1 N–H and O–H groups in total. The first-order valence-electron chi connectivity index (χ1n) is 4.55. The Labute approximate surface area is 90.3 Å². The van der Waals surface area contributed by atoms with Crippen LogP contribution in [0.2, 0.25) is 0 Å². The van der Waals surface area contributed by atoms with Crippen molar-refractivity contribution in [2.45, 2.75) is 6.36 Å². The Bertz CT molecular complexity index is 529. The molecule has 1 atom stereocenters. The number of carbonyl (C=O) groups is 1. The second kappa shape index (κ2) is 4.14. The molecule has 2 aromatic rings. The van der Waals surface area contributed by atoms with Crippen LogP contribution in [-0.4, -0.2) is 22.4 Å². The maximum atomic E-state index is 12.8. The number of fused-ring (bicyclic) bond motifs is 1. The zero-order valence-corrected chi connectivity index (χ0v) is 8.13. The molecule has 5 heteroatoms. The predicted octanol–water partition coefficient (Wildman–Crippen LogP) is 1.99. The zero-order chi connectivity index (χ0) is 11.5. The van der Waals surface area contributed by atoms with Gasteiger partial charge in [0.25, 0.3) is 0 Å². The number of hydrogen-bond donors (Lipinski definition) is 1. The Balaban J connectivity index is 2.29. The van der Waals surface area contributed by atoms with Gasteiger partial charge in [0.1, 0.15) is 5.75 Å². The molecule has 0 aliphatic carbocycles. The number of pyridine rings is 1. The number of aromatic nitrogens is 1. The molecule has 2 rings (SSSR count). The molecule has 1 aromatic carbocycles. The SMILES string of the molecule is O=C(O)C(F)Oc1cnc2ccccc2c1. The highest BCUT2D eigenvalue weighted by Crippen LogP contribution is 2.19. The van der Waals surface area contributed by atoms with E-state index in [4.69, 9.17) is 5.11 Å². The number of para-hydroxylation sites is 1. The van der Waals surface area contributed by atoms with Gasteiger partial charge in [-0.3, -0.25) is 4.98 Å². The van der Waals surface area contributed by atoms with E-state index >= 15 is 0 Å². The summed E-state index contributed by atoms with van der Waals surface area (Å²) in [5.41, 5.74) is 0.737. The highest BCUT2D eigenvalue weighted by molar-refractivity contribution is 5.79. The Morgan fingerprint density at radius 3 is 2.94 bits per heavy atom. The van der Waals surface area contributed by atoms with Crippen molar-refractivity contribution in [3.05, 3.63) is 36.5 Å². The summed E-state index contributed by atoms with van der Waals surface area (Å²) in [4.78, 5) is 14.3. The van der Waals surface area contributed by atoms with Crippen LogP contribution in [0.25, 0.3) is 10.9 Å². The molecule has 0 aliphatic rings. The van der Waals surface area contributed by atoms with Crippen LogP contribution in [0.1, 0.15) is 0 Å². The van der Waals surface area contributed by atoms with E-state index in [0.717, 1.165) is 10.9 Å². The largest absolute Gasteiger partial charge is 0.476 e. The van der Waals surface area contributed by atoms with E-state index in [-0.39, 0.29) is 5.75 Å². The van der Waals surface area contributed by atoms with Gasteiger partial charge in [-0.1, -0.05) is 18.2 Å². The number of halogens is 1. The minimum Gasteiger partial charge on any atom is -0.476 e. The average molecular weight is 221 g/mol. The molecule has 0 aliphatic heterocycles. The van der Waals surface area contributed by atoms with Crippen molar-refractivity contribution in [2.24, 2.45) is 0 Å². The molecule has 16 heavy (non-hydrogen) atoms. The number of rotatable bonds is 3. The second-order valence-electron chi connectivity index (χ2n) is 3.14. The number of carboxylic acid groups (broad SMARTS) is 1. The van der Waals surface area contributed by atoms with Crippen LogP contribution in [0, 0.1) is 0 Å². The molecule has 0 fully saturated rings. The summed E-state index contributed by atoms with van der Waals surface area (Å²) in [6.07, 6.45) is -1.08. The van der Waals surface area contributed by atoms with Gasteiger partial charge in [-0.25, -0.2) is 4.79 Å². The molecule has 4 nitrogen and oxygen atoms in total. The van der Waals surface area contributed by atoms with E-state index in [9.17, 15) is 9.18 Å². The predicted molar refractivity (Wildman–Crippen MR) is 54.9 cm³/mol. The minimum absolute atomic E-state index is 0.0913. The smallest absolute Gasteiger partial charge is 0.378 e. The highest BCUT2D eigenvalue weighted by Gasteiger charge is 2.17. The molecule has 0 radical (unpaired) electrons. The summed E-state index contributed by atoms with van der Waals surface area (Å²) in [5, 5.41) is 9.10. The maximum Gasteiger partial charge on any atom is 0.378 e. The maximum absolute atomic E-state index is 12.8.